The molecule has 58 heavy (non-hydrogen) atoms. The molecule has 0 bridgehead atoms. The van der Waals surface area contributed by atoms with Crippen LogP contribution in [0.4, 0.5) is 4.39 Å². The summed E-state index contributed by atoms with van der Waals surface area (Å²) in [7, 11) is 4.10. The van der Waals surface area contributed by atoms with E-state index in [1.54, 1.807) is 13.8 Å². The highest BCUT2D eigenvalue weighted by molar-refractivity contribution is 7.82. The van der Waals surface area contributed by atoms with Gasteiger partial charge in [-0.15, -0.1) is 0 Å². The average molecular weight is 825 g/mol. The average Bonchev–Trinajstić information content (AvgIpc) is 3.44. The van der Waals surface area contributed by atoms with Crippen molar-refractivity contribution in [1.82, 2.24) is 9.80 Å². The smallest absolute Gasteiger partial charge is 0.309 e. The predicted octanol–water partition coefficient (Wildman–Crippen LogP) is 9.00. The van der Waals surface area contributed by atoms with Gasteiger partial charge in [0.25, 0.3) is 0 Å². The number of esters is 1. The minimum absolute atomic E-state index is 0.0554. The highest BCUT2D eigenvalue weighted by Gasteiger charge is 2.74. The van der Waals surface area contributed by atoms with Gasteiger partial charge in [-0.2, -0.15) is 12.6 Å². The summed E-state index contributed by atoms with van der Waals surface area (Å²) in [6, 6.07) is 6.63. The lowest BCUT2D eigenvalue weighted by Crippen LogP contribution is -2.71. The van der Waals surface area contributed by atoms with Crippen LogP contribution in [0.15, 0.2) is 35.4 Å². The van der Waals surface area contributed by atoms with Gasteiger partial charge >= 0.3 is 11.9 Å². The van der Waals surface area contributed by atoms with Gasteiger partial charge in [0.1, 0.15) is 11.9 Å². The van der Waals surface area contributed by atoms with Crippen LogP contribution in [-0.4, -0.2) is 88.4 Å². The predicted molar refractivity (Wildman–Crippen MR) is 230 cm³/mol. The SMILES string of the molecule is CC(C)C1=C2[C@H]3CC[C@@H]4[C@@]5(C)CC[C@H](OC(=O)CC(C)(C)C(=O)O)C(C)(C)C5(S)CC[C@@]4(C)[C@]3(C)CC[C@@]2([C@@H](O)CN(CCN(C)C)Cc2ccc(F)cc2)CC1=O. The summed E-state index contributed by atoms with van der Waals surface area (Å²) < 4.78 is 19.6. The summed E-state index contributed by atoms with van der Waals surface area (Å²) in [4.78, 5) is 43.8. The molecule has 0 amide bonds. The lowest BCUT2D eigenvalue weighted by Gasteiger charge is -2.75. The lowest BCUT2D eigenvalue weighted by molar-refractivity contribution is -0.223. The number of thiol groups is 1. The number of aliphatic hydroxyl groups excluding tert-OH is 1. The molecular weight excluding hydrogens is 752 g/mol. The van der Waals surface area contributed by atoms with Crippen molar-refractivity contribution >= 4 is 30.4 Å². The summed E-state index contributed by atoms with van der Waals surface area (Å²) in [6.45, 7) is 21.9. The van der Waals surface area contributed by atoms with Gasteiger partial charge in [-0.05, 0) is 137 Å². The van der Waals surface area contributed by atoms with E-state index in [0.717, 1.165) is 69.2 Å². The van der Waals surface area contributed by atoms with E-state index in [0.29, 0.717) is 31.8 Å². The fourth-order valence-electron chi connectivity index (χ4n) is 13.6. The second-order valence-corrected chi connectivity index (χ2v) is 22.6. The number of nitrogens with zero attached hydrogens (tertiary/aromatic N) is 2. The highest BCUT2D eigenvalue weighted by atomic mass is 32.1. The van der Waals surface area contributed by atoms with Crippen LogP contribution in [0, 0.1) is 56.1 Å². The molecule has 4 saturated carbocycles. The molecule has 0 aromatic heterocycles. The zero-order chi connectivity index (χ0) is 43.0. The molecule has 0 saturated heterocycles. The molecule has 8 nitrogen and oxygen atoms in total. The summed E-state index contributed by atoms with van der Waals surface area (Å²) >= 11 is 5.70. The Bertz CT molecular complexity index is 1790. The molecule has 1 aromatic carbocycles. The number of ketones is 1. The van der Waals surface area contributed by atoms with Crippen LogP contribution in [-0.2, 0) is 25.7 Å². The fourth-order valence-corrected chi connectivity index (χ4v) is 14.1. The number of fused-ring (bicyclic) bond motifs is 7. The Morgan fingerprint density at radius 3 is 2.17 bits per heavy atom. The minimum atomic E-state index is -1.21. The Hall–Kier alpha value is -2.27. The number of aliphatic hydroxyl groups is 1. The van der Waals surface area contributed by atoms with E-state index in [4.69, 9.17) is 17.4 Å². The van der Waals surface area contributed by atoms with Crippen molar-refractivity contribution in [3.05, 3.63) is 46.8 Å². The maximum Gasteiger partial charge on any atom is 0.309 e. The first kappa shape index (κ1) is 45.3. The van der Waals surface area contributed by atoms with Crippen LogP contribution in [0.2, 0.25) is 0 Å². The quantitative estimate of drug-likeness (QED) is 0.134. The van der Waals surface area contributed by atoms with Crippen LogP contribution < -0.4 is 0 Å². The first-order chi connectivity index (χ1) is 26.8. The van der Waals surface area contributed by atoms with Gasteiger partial charge < -0.3 is 19.8 Å². The van der Waals surface area contributed by atoms with Crippen molar-refractivity contribution in [2.24, 2.45) is 50.2 Å². The number of halogens is 1. The molecule has 5 aliphatic carbocycles. The minimum Gasteiger partial charge on any atom is -0.481 e. The van der Waals surface area contributed by atoms with Crippen LogP contribution >= 0.6 is 12.6 Å². The van der Waals surface area contributed by atoms with E-state index in [1.165, 1.54) is 17.7 Å². The molecule has 324 valence electrons. The number of Topliss-reactive ketones (excluding diaryl/α,β-unsaturated/α-hetero) is 1. The normalized spacial score (nSPS) is 36.4. The Labute approximate surface area is 353 Å². The van der Waals surface area contributed by atoms with Gasteiger partial charge in [0.15, 0.2) is 5.78 Å². The number of ether oxygens (including phenoxy) is 1. The van der Waals surface area contributed by atoms with Crippen LogP contribution in [0.3, 0.4) is 0 Å². The molecule has 0 aliphatic heterocycles. The molecule has 1 unspecified atom stereocenters. The Balaban J connectivity index is 1.31. The van der Waals surface area contributed by atoms with E-state index in [2.05, 4.69) is 58.3 Å². The Kier molecular flexibility index (Phi) is 12.2. The number of allylic oxidation sites excluding steroid dienone is 1. The zero-order valence-corrected chi connectivity index (χ0v) is 38.2. The van der Waals surface area contributed by atoms with Gasteiger partial charge in [-0.1, -0.05) is 66.2 Å². The molecule has 10 heteroatoms. The van der Waals surface area contributed by atoms with Gasteiger partial charge in [-0.3, -0.25) is 19.3 Å². The van der Waals surface area contributed by atoms with E-state index in [-0.39, 0.29) is 52.2 Å². The molecule has 1 aromatic rings. The lowest BCUT2D eigenvalue weighted by atomic mass is 9.32. The second kappa shape index (κ2) is 15.6. The van der Waals surface area contributed by atoms with Crippen molar-refractivity contribution in [1.29, 1.82) is 0 Å². The van der Waals surface area contributed by atoms with E-state index < -0.39 is 39.0 Å². The number of hydrogen-bond acceptors (Lipinski definition) is 8. The second-order valence-electron chi connectivity index (χ2n) is 21.8. The topological polar surface area (TPSA) is 107 Å². The van der Waals surface area contributed by atoms with Gasteiger partial charge in [0, 0.05) is 48.2 Å². The highest BCUT2D eigenvalue weighted by Crippen LogP contribution is 2.78. The number of carboxylic acids is 1. The number of likely N-dealkylation sites (N-methyl/N-ethyl adjacent to an activating group) is 1. The first-order valence-corrected chi connectivity index (χ1v) is 22.5. The molecule has 4 fully saturated rings. The van der Waals surface area contributed by atoms with Crippen LogP contribution in [0.25, 0.3) is 0 Å². The van der Waals surface area contributed by atoms with Crippen molar-refractivity contribution in [2.75, 3.05) is 33.7 Å². The van der Waals surface area contributed by atoms with Crippen LogP contribution in [0.1, 0.15) is 132 Å². The van der Waals surface area contributed by atoms with E-state index in [1.807, 2.05) is 26.2 Å². The third-order valence-corrected chi connectivity index (χ3v) is 18.7. The number of benzene rings is 1. The maximum absolute atomic E-state index is 14.3. The molecule has 6 rings (SSSR count). The Morgan fingerprint density at radius 1 is 0.931 bits per heavy atom. The summed E-state index contributed by atoms with van der Waals surface area (Å²) in [6.07, 6.45) is 6.10. The standard InChI is InChI=1S/C48H73FN2O6S/c1-30(2)39-34(52)26-47(36(53)29-51(25-24-50(10)11)28-31-12-14-32(49)15-13-31)22-20-44(7)33(40(39)47)16-17-35-45(44,8)21-23-48(58)43(5,6)37(18-19-46(35,48)9)57-38(54)27-42(3,4)41(55)56/h12-15,30,33,35-37,53,58H,16-29H2,1-11H3,(H,55,56)/t33-,35+,36+,37+,44-,45-,46-,47+,48?/m1/s1. The zero-order valence-electron chi connectivity index (χ0n) is 37.3. The number of aliphatic carboxylic acids is 1. The molecule has 0 radical (unpaired) electrons. The van der Waals surface area contributed by atoms with Crippen molar-refractivity contribution in [3.8, 4) is 0 Å². The number of carbonyl (C=O) groups is 3. The molecule has 9 atom stereocenters. The first-order valence-electron chi connectivity index (χ1n) is 22.0. The number of rotatable bonds is 13. The van der Waals surface area contributed by atoms with Crippen molar-refractivity contribution in [2.45, 2.75) is 150 Å². The van der Waals surface area contributed by atoms with Crippen molar-refractivity contribution in [3.63, 3.8) is 0 Å². The van der Waals surface area contributed by atoms with Gasteiger partial charge in [0.2, 0.25) is 0 Å². The van der Waals surface area contributed by atoms with Gasteiger partial charge in [-0.25, -0.2) is 4.39 Å². The number of carbonyl (C=O) groups excluding carboxylic acids is 2. The Morgan fingerprint density at radius 2 is 1.57 bits per heavy atom. The van der Waals surface area contributed by atoms with Crippen molar-refractivity contribution < 1.29 is 33.7 Å². The molecule has 2 N–H and O–H groups in total. The molecular formula is C48H73FN2O6S. The van der Waals surface area contributed by atoms with Gasteiger partial charge in [0.05, 0.1) is 17.9 Å². The molecule has 0 spiro atoms. The maximum atomic E-state index is 14.3. The molecule has 5 aliphatic rings. The van der Waals surface area contributed by atoms with Crippen LogP contribution in [0.5, 0.6) is 0 Å². The third kappa shape index (κ3) is 7.13. The van der Waals surface area contributed by atoms with E-state index in [9.17, 15) is 29.0 Å². The third-order valence-electron chi connectivity index (χ3n) is 17.4. The number of carboxylic acid groups (broad SMARTS) is 1. The summed E-state index contributed by atoms with van der Waals surface area (Å²) in [5.41, 5.74) is 0.589. The van der Waals surface area contributed by atoms with E-state index >= 15 is 0 Å². The monoisotopic (exact) mass is 825 g/mol. The summed E-state index contributed by atoms with van der Waals surface area (Å²) in [5, 5.41) is 22.3. The largest absolute Gasteiger partial charge is 0.481 e. The summed E-state index contributed by atoms with van der Waals surface area (Å²) in [5.74, 6) is -0.967. The fraction of sp³-hybridized carbons (Fsp3) is 0.771. The molecule has 0 heterocycles. The number of hydrogen-bond donors (Lipinski definition) is 3.